The number of nitrogens with zero attached hydrogens (tertiary/aromatic N) is 1. The van der Waals surface area contributed by atoms with Gasteiger partial charge in [0, 0.05) is 25.7 Å². The summed E-state index contributed by atoms with van der Waals surface area (Å²) in [4.78, 5) is 24.1. The number of hydrogen-bond acceptors (Lipinski definition) is 4. The van der Waals surface area contributed by atoms with E-state index in [9.17, 15) is 9.59 Å². The number of carboxylic acids is 1. The Kier molecular flexibility index (Phi) is 6.49. The summed E-state index contributed by atoms with van der Waals surface area (Å²) >= 11 is 0. The van der Waals surface area contributed by atoms with Crippen molar-refractivity contribution in [2.45, 2.75) is 13.5 Å². The highest BCUT2D eigenvalue weighted by atomic mass is 16.5. The van der Waals surface area contributed by atoms with E-state index in [-0.39, 0.29) is 19.1 Å². The van der Waals surface area contributed by atoms with Gasteiger partial charge in [0.1, 0.15) is 0 Å². The van der Waals surface area contributed by atoms with Gasteiger partial charge in [-0.05, 0) is 6.07 Å². The number of ether oxygens (including phenoxy) is 2. The molecule has 1 aromatic rings. The molecule has 0 aromatic heterocycles. The monoisotopic (exact) mass is 310 g/mol. The third-order valence-electron chi connectivity index (χ3n) is 3.23. The van der Waals surface area contributed by atoms with Gasteiger partial charge in [0.05, 0.1) is 20.1 Å². The molecule has 0 saturated carbocycles. The molecule has 0 saturated heterocycles. The minimum atomic E-state index is -0.936. The molecule has 0 aliphatic rings. The first-order valence-electron chi connectivity index (χ1n) is 6.82. The number of methoxy groups -OCH3 is 2. The Bertz CT molecular complexity index is 533. The smallest absolute Gasteiger partial charge is 0.317 e. The van der Waals surface area contributed by atoms with E-state index in [1.54, 1.807) is 33.2 Å². The van der Waals surface area contributed by atoms with E-state index < -0.39 is 11.9 Å². The number of carbonyl (C=O) groups excluding carboxylic acids is 1. The van der Waals surface area contributed by atoms with Gasteiger partial charge in [0.15, 0.2) is 11.5 Å². The molecule has 0 heterocycles. The van der Waals surface area contributed by atoms with E-state index in [0.717, 1.165) is 5.56 Å². The van der Waals surface area contributed by atoms with Gasteiger partial charge in [0.2, 0.25) is 0 Å². The van der Waals surface area contributed by atoms with Crippen LogP contribution in [0.4, 0.5) is 4.79 Å². The zero-order valence-corrected chi connectivity index (χ0v) is 13.3. The maximum Gasteiger partial charge on any atom is 0.317 e. The third kappa shape index (κ3) is 4.54. The largest absolute Gasteiger partial charge is 0.493 e. The number of carbonyl (C=O) groups is 2. The summed E-state index contributed by atoms with van der Waals surface area (Å²) < 4.78 is 10.5. The fourth-order valence-electron chi connectivity index (χ4n) is 1.97. The second kappa shape index (κ2) is 8.11. The van der Waals surface area contributed by atoms with Gasteiger partial charge >= 0.3 is 12.0 Å². The van der Waals surface area contributed by atoms with Crippen molar-refractivity contribution in [2.75, 3.05) is 27.8 Å². The number of urea groups is 1. The molecule has 1 unspecified atom stereocenters. The molecule has 22 heavy (non-hydrogen) atoms. The highest BCUT2D eigenvalue weighted by Gasteiger charge is 2.17. The van der Waals surface area contributed by atoms with Crippen LogP contribution in [0.1, 0.15) is 12.5 Å². The van der Waals surface area contributed by atoms with Crippen LogP contribution >= 0.6 is 0 Å². The van der Waals surface area contributed by atoms with E-state index >= 15 is 0 Å². The average Bonchev–Trinajstić information content (AvgIpc) is 2.51. The summed E-state index contributed by atoms with van der Waals surface area (Å²) in [5.74, 6) is -0.412. The van der Waals surface area contributed by atoms with Crippen molar-refractivity contribution in [2.24, 2.45) is 5.92 Å². The lowest BCUT2D eigenvalue weighted by Gasteiger charge is -2.20. The number of nitrogens with one attached hydrogen (secondary N) is 1. The number of rotatable bonds is 7. The molecule has 7 nitrogen and oxygen atoms in total. The van der Waals surface area contributed by atoms with Crippen LogP contribution in [0.3, 0.4) is 0 Å². The predicted octanol–water partition coefficient (Wildman–Crippen LogP) is 1.57. The first kappa shape index (κ1) is 17.6. The van der Waals surface area contributed by atoms with Crippen molar-refractivity contribution in [1.29, 1.82) is 0 Å². The first-order chi connectivity index (χ1) is 10.4. The van der Waals surface area contributed by atoms with E-state index in [0.29, 0.717) is 11.5 Å². The number of carboxylic acid groups (broad SMARTS) is 1. The fraction of sp³-hybridized carbons (Fsp3) is 0.467. The quantitative estimate of drug-likeness (QED) is 0.798. The zero-order chi connectivity index (χ0) is 16.7. The maximum atomic E-state index is 12.0. The van der Waals surface area contributed by atoms with Gasteiger partial charge in [-0.2, -0.15) is 0 Å². The van der Waals surface area contributed by atoms with E-state index in [4.69, 9.17) is 14.6 Å². The summed E-state index contributed by atoms with van der Waals surface area (Å²) in [5.41, 5.74) is 0.773. The Morgan fingerprint density at radius 1 is 1.32 bits per heavy atom. The number of para-hydroxylation sites is 1. The van der Waals surface area contributed by atoms with Crippen molar-refractivity contribution in [1.82, 2.24) is 10.2 Å². The number of benzene rings is 1. The lowest BCUT2D eigenvalue weighted by Crippen LogP contribution is -2.40. The van der Waals surface area contributed by atoms with Crippen LogP contribution in [0.15, 0.2) is 18.2 Å². The van der Waals surface area contributed by atoms with Gasteiger partial charge < -0.3 is 24.8 Å². The van der Waals surface area contributed by atoms with Crippen molar-refractivity contribution >= 4 is 12.0 Å². The van der Waals surface area contributed by atoms with Crippen molar-refractivity contribution in [3.05, 3.63) is 23.8 Å². The first-order valence-corrected chi connectivity index (χ1v) is 6.82. The zero-order valence-electron chi connectivity index (χ0n) is 13.3. The molecule has 122 valence electrons. The molecule has 1 rings (SSSR count). The molecule has 0 bridgehead atoms. The molecule has 1 aromatic carbocycles. The Labute approximate surface area is 129 Å². The number of amides is 2. The van der Waals surface area contributed by atoms with Gasteiger partial charge in [-0.15, -0.1) is 0 Å². The second-order valence-electron chi connectivity index (χ2n) is 4.93. The van der Waals surface area contributed by atoms with Gasteiger partial charge in [-0.3, -0.25) is 4.79 Å². The van der Waals surface area contributed by atoms with Crippen LogP contribution in [-0.2, 0) is 11.3 Å². The SMILES string of the molecule is COc1cccc(CNC(=O)N(C)CC(C)C(=O)O)c1OC. The van der Waals surface area contributed by atoms with Crippen LogP contribution in [0, 0.1) is 5.92 Å². The highest BCUT2D eigenvalue weighted by Crippen LogP contribution is 2.30. The van der Waals surface area contributed by atoms with Crippen LogP contribution in [0.25, 0.3) is 0 Å². The van der Waals surface area contributed by atoms with Crippen LogP contribution < -0.4 is 14.8 Å². The fourth-order valence-corrected chi connectivity index (χ4v) is 1.97. The Balaban J connectivity index is 2.66. The summed E-state index contributed by atoms with van der Waals surface area (Å²) in [6.45, 7) is 1.94. The van der Waals surface area contributed by atoms with E-state index in [1.165, 1.54) is 12.0 Å². The van der Waals surface area contributed by atoms with Gasteiger partial charge in [-0.1, -0.05) is 19.1 Å². The molecule has 2 amide bonds. The summed E-state index contributed by atoms with van der Waals surface area (Å²) in [6.07, 6.45) is 0. The second-order valence-corrected chi connectivity index (χ2v) is 4.93. The maximum absolute atomic E-state index is 12.0. The Morgan fingerprint density at radius 3 is 2.55 bits per heavy atom. The molecule has 0 spiro atoms. The van der Waals surface area contributed by atoms with E-state index in [2.05, 4.69) is 5.32 Å². The molecule has 0 fully saturated rings. The predicted molar refractivity (Wildman–Crippen MR) is 81.2 cm³/mol. The molecule has 2 N–H and O–H groups in total. The lowest BCUT2D eigenvalue weighted by atomic mass is 10.1. The van der Waals surface area contributed by atoms with Crippen molar-refractivity contribution in [3.63, 3.8) is 0 Å². The third-order valence-corrected chi connectivity index (χ3v) is 3.23. The lowest BCUT2D eigenvalue weighted by molar-refractivity contribution is -0.141. The summed E-state index contributed by atoms with van der Waals surface area (Å²) in [7, 11) is 4.63. The highest BCUT2D eigenvalue weighted by molar-refractivity contribution is 5.75. The molecule has 0 radical (unpaired) electrons. The van der Waals surface area contributed by atoms with Gasteiger partial charge in [0.25, 0.3) is 0 Å². The van der Waals surface area contributed by atoms with Gasteiger partial charge in [-0.25, -0.2) is 4.79 Å². The van der Waals surface area contributed by atoms with Crippen LogP contribution in [-0.4, -0.2) is 49.8 Å². The Hall–Kier alpha value is -2.44. The van der Waals surface area contributed by atoms with Crippen LogP contribution in [0.2, 0.25) is 0 Å². The summed E-state index contributed by atoms with van der Waals surface area (Å²) in [6, 6.07) is 5.05. The number of hydrogen-bond donors (Lipinski definition) is 2. The topological polar surface area (TPSA) is 88.1 Å². The number of aliphatic carboxylic acids is 1. The molecule has 1 atom stereocenters. The van der Waals surface area contributed by atoms with Crippen molar-refractivity contribution < 1.29 is 24.2 Å². The Morgan fingerprint density at radius 2 is 2.00 bits per heavy atom. The standard InChI is InChI=1S/C15H22N2O5/c1-10(14(18)19)9-17(2)15(20)16-8-11-6-5-7-12(21-3)13(11)22-4/h5-7,10H,8-9H2,1-4H3,(H,16,20)(H,18,19). The average molecular weight is 310 g/mol. The summed E-state index contributed by atoms with van der Waals surface area (Å²) in [5, 5.41) is 11.6. The molecular formula is C15H22N2O5. The molecule has 7 heteroatoms. The molecule has 0 aliphatic carbocycles. The van der Waals surface area contributed by atoms with Crippen molar-refractivity contribution in [3.8, 4) is 11.5 Å². The minimum absolute atomic E-state index is 0.135. The molecule has 0 aliphatic heterocycles. The van der Waals surface area contributed by atoms with Crippen LogP contribution in [0.5, 0.6) is 11.5 Å². The molecular weight excluding hydrogens is 288 g/mol. The normalized spacial score (nSPS) is 11.5. The van der Waals surface area contributed by atoms with E-state index in [1.807, 2.05) is 6.07 Å². The minimum Gasteiger partial charge on any atom is -0.493 e.